The molecule has 1 aromatic heterocycles. The largest absolute Gasteiger partial charge is 0.347 e. The van der Waals surface area contributed by atoms with Crippen LogP contribution in [0.3, 0.4) is 0 Å². The maximum absolute atomic E-state index is 2.37. The number of fused-ring (bicyclic) bond motifs is 3. The van der Waals surface area contributed by atoms with E-state index in [9.17, 15) is 0 Å². The molecule has 0 radical (unpaired) electrons. The van der Waals surface area contributed by atoms with Gasteiger partial charge < -0.3 is 4.57 Å². The van der Waals surface area contributed by atoms with Crippen molar-refractivity contribution in [3.63, 3.8) is 0 Å². The van der Waals surface area contributed by atoms with Gasteiger partial charge in [-0.05, 0) is 43.9 Å². The van der Waals surface area contributed by atoms with Gasteiger partial charge in [-0.1, -0.05) is 11.6 Å². The molecule has 1 heteroatoms. The Bertz CT molecular complexity index is 505. The second-order valence-corrected chi connectivity index (χ2v) is 4.36. The zero-order valence-electron chi connectivity index (χ0n) is 8.80. The summed E-state index contributed by atoms with van der Waals surface area (Å²) < 4.78 is 2.37. The zero-order chi connectivity index (χ0) is 9.71. The summed E-state index contributed by atoms with van der Waals surface area (Å²) in [5, 5.41) is 1.49. The third kappa shape index (κ3) is 0.899. The summed E-state index contributed by atoms with van der Waals surface area (Å²) in [7, 11) is 2.20. The molecule has 0 N–H and O–H groups in total. The molecule has 0 unspecified atom stereocenters. The lowest BCUT2D eigenvalue weighted by Crippen LogP contribution is -1.92. The average Bonchev–Trinajstić information content (AvgIpc) is 2.71. The first-order valence-corrected chi connectivity index (χ1v) is 5.34. The van der Waals surface area contributed by atoms with Gasteiger partial charge in [0.15, 0.2) is 0 Å². The highest BCUT2D eigenvalue weighted by molar-refractivity contribution is 5.86. The molecule has 0 saturated heterocycles. The highest BCUT2D eigenvalue weighted by Gasteiger charge is 2.19. The van der Waals surface area contributed by atoms with Crippen molar-refractivity contribution in [1.82, 2.24) is 4.57 Å². The minimum atomic E-state index is 1.26. The fourth-order valence-corrected chi connectivity index (χ4v) is 2.72. The van der Waals surface area contributed by atoms with Crippen molar-refractivity contribution in [1.29, 1.82) is 0 Å². The first kappa shape index (κ1) is 8.10. The molecule has 0 amide bonds. The molecule has 2 aromatic rings. The molecule has 0 aliphatic heterocycles. The normalized spacial score (nSPS) is 15.0. The Kier molecular flexibility index (Phi) is 1.52. The Morgan fingerprint density at radius 2 is 2.07 bits per heavy atom. The van der Waals surface area contributed by atoms with Gasteiger partial charge in [-0.2, -0.15) is 0 Å². The summed E-state index contributed by atoms with van der Waals surface area (Å²) >= 11 is 0. The van der Waals surface area contributed by atoms with E-state index in [0.717, 1.165) is 0 Å². The van der Waals surface area contributed by atoms with Gasteiger partial charge in [-0.3, -0.25) is 0 Å². The second kappa shape index (κ2) is 2.63. The van der Waals surface area contributed by atoms with Gasteiger partial charge in [-0.15, -0.1) is 0 Å². The predicted molar refractivity (Wildman–Crippen MR) is 59.7 cm³/mol. The summed E-state index contributed by atoms with van der Waals surface area (Å²) in [5.74, 6) is 0. The predicted octanol–water partition coefficient (Wildman–Crippen LogP) is 2.98. The summed E-state index contributed by atoms with van der Waals surface area (Å²) in [6.45, 7) is 2.17. The Morgan fingerprint density at radius 3 is 2.93 bits per heavy atom. The molecule has 0 saturated carbocycles. The molecule has 3 rings (SSSR count). The van der Waals surface area contributed by atoms with Crippen LogP contribution in [0, 0.1) is 6.92 Å². The van der Waals surface area contributed by atoms with E-state index in [1.807, 2.05) is 0 Å². The molecule has 1 heterocycles. The topological polar surface area (TPSA) is 4.93 Å². The van der Waals surface area contributed by atoms with Crippen molar-refractivity contribution in [3.05, 3.63) is 35.0 Å². The fraction of sp³-hybridized carbons (Fsp3) is 0.385. The average molecular weight is 185 g/mol. The molecule has 1 nitrogen and oxygen atoms in total. The first-order valence-electron chi connectivity index (χ1n) is 5.34. The lowest BCUT2D eigenvalue weighted by atomic mass is 10.1. The molecular formula is C13H15N. The maximum atomic E-state index is 2.37. The monoisotopic (exact) mass is 185 g/mol. The molecule has 1 aliphatic carbocycles. The number of hydrogen-bond acceptors (Lipinski definition) is 0. The lowest BCUT2D eigenvalue weighted by molar-refractivity contribution is 0.831. The van der Waals surface area contributed by atoms with Gasteiger partial charge in [0.25, 0.3) is 0 Å². The molecule has 14 heavy (non-hydrogen) atoms. The molecule has 0 atom stereocenters. The molecule has 0 fully saturated rings. The van der Waals surface area contributed by atoms with E-state index >= 15 is 0 Å². The van der Waals surface area contributed by atoms with Crippen LogP contribution in [0.5, 0.6) is 0 Å². The highest BCUT2D eigenvalue weighted by Crippen LogP contribution is 2.32. The van der Waals surface area contributed by atoms with Crippen LogP contribution in [0.1, 0.15) is 23.2 Å². The van der Waals surface area contributed by atoms with Crippen molar-refractivity contribution in [2.24, 2.45) is 7.05 Å². The van der Waals surface area contributed by atoms with Gasteiger partial charge in [0, 0.05) is 23.6 Å². The Balaban J connectivity index is 2.45. The third-order valence-electron chi connectivity index (χ3n) is 3.43. The first-order chi connectivity index (χ1) is 6.77. The number of nitrogens with zero attached hydrogens (tertiary/aromatic N) is 1. The molecule has 72 valence electrons. The van der Waals surface area contributed by atoms with Crippen LogP contribution in [0.25, 0.3) is 10.9 Å². The number of aromatic nitrogens is 1. The van der Waals surface area contributed by atoms with E-state index in [1.54, 1.807) is 11.3 Å². The van der Waals surface area contributed by atoms with E-state index in [-0.39, 0.29) is 0 Å². The van der Waals surface area contributed by atoms with Crippen molar-refractivity contribution in [3.8, 4) is 0 Å². The SMILES string of the molecule is Cc1ccc2c(c1)c1c(n2C)CCC1. The summed E-state index contributed by atoms with van der Waals surface area (Å²) in [6.07, 6.45) is 3.87. The van der Waals surface area contributed by atoms with Gasteiger partial charge in [0.05, 0.1) is 0 Å². The van der Waals surface area contributed by atoms with Gasteiger partial charge in [0.2, 0.25) is 0 Å². The quantitative estimate of drug-likeness (QED) is 0.594. The number of rotatable bonds is 0. The minimum absolute atomic E-state index is 1.26. The minimum Gasteiger partial charge on any atom is -0.347 e. The molecular weight excluding hydrogens is 170 g/mol. The number of hydrogen-bond donors (Lipinski definition) is 0. The van der Waals surface area contributed by atoms with E-state index in [1.165, 1.54) is 35.7 Å². The third-order valence-corrected chi connectivity index (χ3v) is 3.43. The lowest BCUT2D eigenvalue weighted by Gasteiger charge is -2.00. The van der Waals surface area contributed by atoms with E-state index in [2.05, 4.69) is 36.7 Å². The van der Waals surface area contributed by atoms with Crippen molar-refractivity contribution < 1.29 is 0 Å². The van der Waals surface area contributed by atoms with Gasteiger partial charge in [-0.25, -0.2) is 0 Å². The highest BCUT2D eigenvalue weighted by atomic mass is 15.0. The molecule has 1 aromatic carbocycles. The van der Waals surface area contributed by atoms with Crippen LogP contribution >= 0.6 is 0 Å². The van der Waals surface area contributed by atoms with Crippen LogP contribution < -0.4 is 0 Å². The zero-order valence-corrected chi connectivity index (χ0v) is 8.80. The number of benzene rings is 1. The fourth-order valence-electron chi connectivity index (χ4n) is 2.72. The van der Waals surface area contributed by atoms with Crippen LogP contribution in [0.15, 0.2) is 18.2 Å². The molecule has 0 bridgehead atoms. The van der Waals surface area contributed by atoms with Gasteiger partial charge >= 0.3 is 0 Å². The summed E-state index contributed by atoms with van der Waals surface area (Å²) in [5.41, 5.74) is 5.94. The van der Waals surface area contributed by atoms with Crippen LogP contribution in [0.2, 0.25) is 0 Å². The maximum Gasteiger partial charge on any atom is 0.0482 e. The smallest absolute Gasteiger partial charge is 0.0482 e. The van der Waals surface area contributed by atoms with E-state index < -0.39 is 0 Å². The number of aryl methyl sites for hydroxylation is 3. The Labute approximate surface area is 84.4 Å². The van der Waals surface area contributed by atoms with Crippen molar-refractivity contribution in [2.45, 2.75) is 26.2 Å². The summed E-state index contributed by atoms with van der Waals surface area (Å²) in [4.78, 5) is 0. The Morgan fingerprint density at radius 1 is 1.21 bits per heavy atom. The van der Waals surface area contributed by atoms with E-state index in [4.69, 9.17) is 0 Å². The standard InChI is InChI=1S/C13H15N/c1-9-6-7-13-11(8-9)10-4-3-5-12(10)14(13)2/h6-8H,3-5H2,1-2H3. The second-order valence-electron chi connectivity index (χ2n) is 4.36. The van der Waals surface area contributed by atoms with Crippen LogP contribution in [-0.4, -0.2) is 4.57 Å². The summed E-state index contributed by atoms with van der Waals surface area (Å²) in [6, 6.07) is 6.79. The van der Waals surface area contributed by atoms with Crippen LogP contribution in [0.4, 0.5) is 0 Å². The molecule has 0 spiro atoms. The van der Waals surface area contributed by atoms with Gasteiger partial charge in [0.1, 0.15) is 0 Å². The Hall–Kier alpha value is -1.24. The molecule has 1 aliphatic rings. The van der Waals surface area contributed by atoms with E-state index in [0.29, 0.717) is 0 Å². The van der Waals surface area contributed by atoms with Crippen LogP contribution in [-0.2, 0) is 19.9 Å². The van der Waals surface area contributed by atoms with Crippen molar-refractivity contribution >= 4 is 10.9 Å². The van der Waals surface area contributed by atoms with Crippen molar-refractivity contribution in [2.75, 3.05) is 0 Å².